The Morgan fingerprint density at radius 1 is 1.21 bits per heavy atom. The lowest BCUT2D eigenvalue weighted by atomic mass is 10.1. The summed E-state index contributed by atoms with van der Waals surface area (Å²) in [5.74, 6) is 1.11. The van der Waals surface area contributed by atoms with Crippen molar-refractivity contribution in [3.05, 3.63) is 23.8 Å². The lowest BCUT2D eigenvalue weighted by Gasteiger charge is -2.13. The van der Waals surface area contributed by atoms with Crippen LogP contribution in [-0.2, 0) is 6.42 Å². The van der Waals surface area contributed by atoms with E-state index < -0.39 is 6.61 Å². The van der Waals surface area contributed by atoms with E-state index in [1.807, 2.05) is 13.0 Å². The third-order valence-corrected chi connectivity index (χ3v) is 3.28. The lowest BCUT2D eigenvalue weighted by molar-refractivity contribution is -0.0512. The number of benzene rings is 1. The maximum atomic E-state index is 12.4. The van der Waals surface area contributed by atoms with E-state index in [1.165, 1.54) is 7.11 Å². The Morgan fingerprint density at radius 3 is 2.62 bits per heavy atom. The quantitative estimate of drug-likeness (QED) is 0.389. The van der Waals surface area contributed by atoms with Gasteiger partial charge in [0, 0.05) is 19.6 Å². The van der Waals surface area contributed by atoms with Crippen LogP contribution in [0.5, 0.6) is 11.5 Å². The molecule has 0 saturated carbocycles. The van der Waals surface area contributed by atoms with E-state index >= 15 is 0 Å². The molecule has 0 radical (unpaired) electrons. The lowest BCUT2D eigenvalue weighted by Crippen LogP contribution is -2.38. The predicted molar refractivity (Wildman–Crippen MR) is 92.2 cm³/mol. The molecule has 0 aliphatic rings. The van der Waals surface area contributed by atoms with Crippen molar-refractivity contribution in [2.75, 3.05) is 26.7 Å². The van der Waals surface area contributed by atoms with Crippen LogP contribution in [0.2, 0.25) is 0 Å². The highest BCUT2D eigenvalue weighted by molar-refractivity contribution is 5.79. The summed E-state index contributed by atoms with van der Waals surface area (Å²) in [5.41, 5.74) is 0.878. The number of guanidine groups is 1. The van der Waals surface area contributed by atoms with Crippen LogP contribution >= 0.6 is 0 Å². The zero-order chi connectivity index (χ0) is 17.8. The Kier molecular flexibility index (Phi) is 9.56. The van der Waals surface area contributed by atoms with Crippen molar-refractivity contribution < 1.29 is 18.3 Å². The molecule has 0 unspecified atom stereocenters. The molecule has 0 aliphatic carbocycles. The topological polar surface area (TPSA) is 54.9 Å². The molecule has 0 spiro atoms. The fourth-order valence-corrected chi connectivity index (χ4v) is 2.08. The van der Waals surface area contributed by atoms with Crippen molar-refractivity contribution in [2.24, 2.45) is 4.99 Å². The van der Waals surface area contributed by atoms with Gasteiger partial charge >= 0.3 is 6.61 Å². The molecule has 0 aromatic heterocycles. The van der Waals surface area contributed by atoms with Crippen LogP contribution in [0.3, 0.4) is 0 Å². The van der Waals surface area contributed by atoms with Gasteiger partial charge in [0.2, 0.25) is 0 Å². The van der Waals surface area contributed by atoms with Gasteiger partial charge in [-0.25, -0.2) is 0 Å². The van der Waals surface area contributed by atoms with E-state index in [9.17, 15) is 8.78 Å². The molecule has 0 aliphatic heterocycles. The summed E-state index contributed by atoms with van der Waals surface area (Å²) in [6, 6.07) is 5.04. The summed E-state index contributed by atoms with van der Waals surface area (Å²) in [6.45, 7) is 3.46. The van der Waals surface area contributed by atoms with Gasteiger partial charge in [0.05, 0.1) is 7.11 Å². The summed E-state index contributed by atoms with van der Waals surface area (Å²) in [5, 5.41) is 6.41. The largest absolute Gasteiger partial charge is 0.493 e. The van der Waals surface area contributed by atoms with Crippen LogP contribution < -0.4 is 20.1 Å². The van der Waals surface area contributed by atoms with Crippen molar-refractivity contribution in [2.45, 2.75) is 39.7 Å². The van der Waals surface area contributed by atoms with Gasteiger partial charge in [-0.2, -0.15) is 8.78 Å². The molecule has 0 atom stereocenters. The Hall–Kier alpha value is -2.05. The van der Waals surface area contributed by atoms with Crippen molar-refractivity contribution in [1.82, 2.24) is 10.6 Å². The van der Waals surface area contributed by atoms with Gasteiger partial charge in [-0.15, -0.1) is 0 Å². The minimum Gasteiger partial charge on any atom is -0.493 e. The number of hydrogen-bond donors (Lipinski definition) is 2. The van der Waals surface area contributed by atoms with Gasteiger partial charge in [-0.05, 0) is 37.5 Å². The average Bonchev–Trinajstić information content (AvgIpc) is 2.55. The molecule has 24 heavy (non-hydrogen) atoms. The molecule has 0 bridgehead atoms. The predicted octanol–water partition coefficient (Wildman–Crippen LogP) is 3.19. The highest BCUT2D eigenvalue weighted by Crippen LogP contribution is 2.29. The number of unbranched alkanes of at least 4 members (excludes halogenated alkanes) is 1. The number of methoxy groups -OCH3 is 1. The monoisotopic (exact) mass is 343 g/mol. The minimum atomic E-state index is -2.88. The number of halogens is 2. The van der Waals surface area contributed by atoms with Gasteiger partial charge in [0.15, 0.2) is 17.5 Å². The second kappa shape index (κ2) is 11.5. The molecule has 7 heteroatoms. The van der Waals surface area contributed by atoms with Crippen LogP contribution in [0, 0.1) is 0 Å². The normalized spacial score (nSPS) is 11.5. The van der Waals surface area contributed by atoms with E-state index in [4.69, 9.17) is 4.74 Å². The van der Waals surface area contributed by atoms with Crippen LogP contribution in [0.1, 0.15) is 32.3 Å². The van der Waals surface area contributed by atoms with Crippen LogP contribution in [-0.4, -0.2) is 39.3 Å². The number of alkyl halides is 2. The van der Waals surface area contributed by atoms with Crippen molar-refractivity contribution in [1.29, 1.82) is 0 Å². The van der Waals surface area contributed by atoms with Gasteiger partial charge in [0.25, 0.3) is 0 Å². The highest BCUT2D eigenvalue weighted by atomic mass is 19.3. The summed E-state index contributed by atoms with van der Waals surface area (Å²) >= 11 is 0. The van der Waals surface area contributed by atoms with Gasteiger partial charge in [-0.1, -0.05) is 19.4 Å². The zero-order valence-electron chi connectivity index (χ0n) is 14.6. The molecule has 0 amide bonds. The second-order valence-electron chi connectivity index (χ2n) is 5.15. The maximum absolute atomic E-state index is 12.4. The summed E-state index contributed by atoms with van der Waals surface area (Å²) in [6.07, 6.45) is 2.80. The molecule has 1 rings (SSSR count). The zero-order valence-corrected chi connectivity index (χ0v) is 14.6. The fraction of sp³-hybridized carbons (Fsp3) is 0.588. The SMILES string of the molecule is CCCCN=C(NCC)NCCc1ccc(OC)c(OC(F)F)c1. The van der Waals surface area contributed by atoms with E-state index in [-0.39, 0.29) is 5.75 Å². The van der Waals surface area contributed by atoms with Gasteiger partial charge in [-0.3, -0.25) is 4.99 Å². The maximum Gasteiger partial charge on any atom is 0.387 e. The molecule has 1 aromatic rings. The van der Waals surface area contributed by atoms with E-state index in [1.54, 1.807) is 12.1 Å². The minimum absolute atomic E-state index is 0.0496. The molecular formula is C17H27F2N3O2. The standard InChI is InChI=1S/C17H27F2N3O2/c1-4-6-10-21-17(20-5-2)22-11-9-13-7-8-14(23-3)15(12-13)24-16(18)19/h7-8,12,16H,4-6,9-11H2,1-3H3,(H2,20,21,22). The summed E-state index contributed by atoms with van der Waals surface area (Å²) in [7, 11) is 1.42. The molecule has 0 saturated heterocycles. The molecule has 136 valence electrons. The Labute approximate surface area is 142 Å². The van der Waals surface area contributed by atoms with Crippen molar-refractivity contribution in [3.8, 4) is 11.5 Å². The fourth-order valence-electron chi connectivity index (χ4n) is 2.08. The first kappa shape index (κ1) is 20.0. The number of nitrogens with zero attached hydrogens (tertiary/aromatic N) is 1. The average molecular weight is 343 g/mol. The third-order valence-electron chi connectivity index (χ3n) is 3.28. The van der Waals surface area contributed by atoms with Gasteiger partial charge < -0.3 is 20.1 Å². The highest BCUT2D eigenvalue weighted by Gasteiger charge is 2.11. The Morgan fingerprint density at radius 2 is 2.00 bits per heavy atom. The molecule has 0 fully saturated rings. The molecule has 1 aromatic carbocycles. The molecule has 0 heterocycles. The Bertz CT molecular complexity index is 511. The smallest absolute Gasteiger partial charge is 0.387 e. The Balaban J connectivity index is 2.60. The van der Waals surface area contributed by atoms with Crippen LogP contribution in [0.4, 0.5) is 8.78 Å². The summed E-state index contributed by atoms with van der Waals surface area (Å²) < 4.78 is 34.4. The van der Waals surface area contributed by atoms with Crippen molar-refractivity contribution >= 4 is 5.96 Å². The second-order valence-corrected chi connectivity index (χ2v) is 5.15. The first-order valence-corrected chi connectivity index (χ1v) is 8.24. The number of aliphatic imine (C=N–C) groups is 1. The number of hydrogen-bond acceptors (Lipinski definition) is 3. The number of rotatable bonds is 10. The van der Waals surface area contributed by atoms with Crippen molar-refractivity contribution in [3.63, 3.8) is 0 Å². The molecule has 2 N–H and O–H groups in total. The number of nitrogens with one attached hydrogen (secondary N) is 2. The first-order chi connectivity index (χ1) is 11.6. The van der Waals surface area contributed by atoms with Crippen LogP contribution in [0.15, 0.2) is 23.2 Å². The summed E-state index contributed by atoms with van der Waals surface area (Å²) in [4.78, 5) is 4.47. The first-order valence-electron chi connectivity index (χ1n) is 8.24. The third kappa shape index (κ3) is 7.48. The van der Waals surface area contributed by atoms with Gasteiger partial charge in [0.1, 0.15) is 0 Å². The van der Waals surface area contributed by atoms with Crippen LogP contribution in [0.25, 0.3) is 0 Å². The van der Waals surface area contributed by atoms with E-state index in [2.05, 4.69) is 27.3 Å². The molecule has 5 nitrogen and oxygen atoms in total. The van der Waals surface area contributed by atoms with E-state index in [0.717, 1.165) is 37.5 Å². The van der Waals surface area contributed by atoms with E-state index in [0.29, 0.717) is 18.7 Å². The number of ether oxygens (including phenoxy) is 2. The molecular weight excluding hydrogens is 316 g/mol.